The molecule has 1 nitrogen and oxygen atoms in total. The summed E-state index contributed by atoms with van der Waals surface area (Å²) in [5.74, 6) is 0.799. The van der Waals surface area contributed by atoms with Crippen molar-refractivity contribution in [2.24, 2.45) is 5.92 Å². The number of rotatable bonds is 4. The molecule has 1 heterocycles. The second kappa shape index (κ2) is 3.84. The summed E-state index contributed by atoms with van der Waals surface area (Å²) in [5.41, 5.74) is 1.82. The molecule has 0 spiro atoms. The van der Waals surface area contributed by atoms with Gasteiger partial charge in [-0.3, -0.25) is 0 Å². The van der Waals surface area contributed by atoms with Gasteiger partial charge in [-0.05, 0) is 47.9 Å². The van der Waals surface area contributed by atoms with Crippen LogP contribution in [0.4, 0.5) is 0 Å². The Kier molecular flexibility index (Phi) is 2.87. The Hall–Kier alpha value is -0.0500. The molecule has 0 radical (unpaired) electrons. The van der Waals surface area contributed by atoms with Crippen molar-refractivity contribution in [2.45, 2.75) is 25.7 Å². The van der Waals surface area contributed by atoms with E-state index in [1.54, 1.807) is 11.3 Å². The average Bonchev–Trinajstić information content (AvgIpc) is 2.58. The lowest BCUT2D eigenvalue weighted by molar-refractivity contribution is 0.592. The highest BCUT2D eigenvalue weighted by molar-refractivity contribution is 7.14. The van der Waals surface area contributed by atoms with Gasteiger partial charge in [0.05, 0.1) is 4.34 Å². The van der Waals surface area contributed by atoms with Crippen LogP contribution in [0, 0.1) is 5.92 Å². The van der Waals surface area contributed by atoms with Gasteiger partial charge in [0.1, 0.15) is 0 Å². The predicted molar refractivity (Wildman–Crippen MR) is 63.3 cm³/mol. The maximum Gasteiger partial charge on any atom is 0.0931 e. The lowest BCUT2D eigenvalue weighted by Gasteiger charge is -2.09. The maximum atomic E-state index is 5.95. The summed E-state index contributed by atoms with van der Waals surface area (Å²) in [6.07, 6.45) is 1.30. The Bertz CT molecular complexity index is 323. The molecule has 1 aliphatic rings. The van der Waals surface area contributed by atoms with Crippen LogP contribution in [0.5, 0.6) is 0 Å². The van der Waals surface area contributed by atoms with Gasteiger partial charge in [-0.2, -0.15) is 0 Å². The minimum absolute atomic E-state index is 0.395. The van der Waals surface area contributed by atoms with Crippen LogP contribution in [-0.4, -0.2) is 13.1 Å². The lowest BCUT2D eigenvalue weighted by atomic mass is 9.99. The Morgan fingerprint density at radius 1 is 1.71 bits per heavy atom. The molecule has 1 N–H and O–H groups in total. The number of hydrogen-bond donors (Lipinski definition) is 1. The highest BCUT2D eigenvalue weighted by atomic mass is 35.5. The third kappa shape index (κ3) is 1.83. The Morgan fingerprint density at radius 2 is 2.50 bits per heavy atom. The van der Waals surface area contributed by atoms with Crippen LogP contribution in [0.2, 0.25) is 4.34 Å². The van der Waals surface area contributed by atoms with Crippen LogP contribution < -0.4 is 5.32 Å². The minimum atomic E-state index is 0.395. The Morgan fingerprint density at radius 3 is 3.07 bits per heavy atom. The second-order valence-corrected chi connectivity index (χ2v) is 5.81. The molecule has 2 rings (SSSR count). The molecule has 2 unspecified atom stereocenters. The molecule has 14 heavy (non-hydrogen) atoms. The molecule has 1 fully saturated rings. The van der Waals surface area contributed by atoms with Crippen molar-refractivity contribution < 1.29 is 0 Å². The molecule has 0 aromatic carbocycles. The minimum Gasteiger partial charge on any atom is -0.317 e. The van der Waals surface area contributed by atoms with Gasteiger partial charge in [-0.25, -0.2) is 0 Å². The van der Waals surface area contributed by atoms with Crippen LogP contribution in [-0.2, 0) is 5.41 Å². The highest BCUT2D eigenvalue weighted by Crippen LogP contribution is 2.54. The van der Waals surface area contributed by atoms with E-state index >= 15 is 0 Å². The van der Waals surface area contributed by atoms with E-state index in [-0.39, 0.29) is 0 Å². The molecule has 1 aromatic heterocycles. The van der Waals surface area contributed by atoms with Crippen molar-refractivity contribution in [1.82, 2.24) is 5.32 Å². The van der Waals surface area contributed by atoms with Crippen LogP contribution in [0.25, 0.3) is 0 Å². The van der Waals surface area contributed by atoms with Gasteiger partial charge in [0.2, 0.25) is 0 Å². The molecule has 1 aromatic rings. The maximum absolute atomic E-state index is 5.95. The lowest BCUT2D eigenvalue weighted by Crippen LogP contribution is -2.19. The fourth-order valence-corrected chi connectivity index (χ4v) is 3.06. The van der Waals surface area contributed by atoms with Crippen molar-refractivity contribution in [1.29, 1.82) is 0 Å². The summed E-state index contributed by atoms with van der Waals surface area (Å²) in [6.45, 7) is 6.70. The third-order valence-corrected chi connectivity index (χ3v) is 4.37. The van der Waals surface area contributed by atoms with E-state index in [0.29, 0.717) is 5.41 Å². The van der Waals surface area contributed by atoms with Crippen LogP contribution in [0.1, 0.15) is 25.8 Å². The number of thiophene rings is 1. The molecule has 3 heteroatoms. The van der Waals surface area contributed by atoms with Gasteiger partial charge >= 0.3 is 0 Å². The third-order valence-electron chi connectivity index (χ3n) is 3.28. The van der Waals surface area contributed by atoms with Crippen LogP contribution in [0.3, 0.4) is 0 Å². The first-order chi connectivity index (χ1) is 6.66. The summed E-state index contributed by atoms with van der Waals surface area (Å²) in [7, 11) is 0. The standard InChI is InChI=1S/C11H16ClNS/c1-3-13-6-9-5-11(9,2)8-4-10(12)14-7-8/h4,7,9,13H,3,5-6H2,1-2H3. The van der Waals surface area contributed by atoms with Crippen molar-refractivity contribution in [3.05, 3.63) is 21.3 Å². The highest BCUT2D eigenvalue weighted by Gasteiger charge is 2.50. The quantitative estimate of drug-likeness (QED) is 0.836. The fraction of sp³-hybridized carbons (Fsp3) is 0.636. The number of hydrogen-bond acceptors (Lipinski definition) is 2. The van der Waals surface area contributed by atoms with Crippen LogP contribution >= 0.6 is 22.9 Å². The van der Waals surface area contributed by atoms with E-state index in [4.69, 9.17) is 11.6 Å². The van der Waals surface area contributed by atoms with Gasteiger partial charge in [0.15, 0.2) is 0 Å². The summed E-state index contributed by atoms with van der Waals surface area (Å²) in [4.78, 5) is 0. The molecule has 0 saturated heterocycles. The first-order valence-corrected chi connectivity index (χ1v) is 6.38. The van der Waals surface area contributed by atoms with Crippen molar-refractivity contribution in [3.8, 4) is 0 Å². The molecule has 0 aliphatic heterocycles. The summed E-state index contributed by atoms with van der Waals surface area (Å²) < 4.78 is 0.912. The van der Waals surface area contributed by atoms with Gasteiger partial charge in [0, 0.05) is 0 Å². The summed E-state index contributed by atoms with van der Waals surface area (Å²) in [5, 5.41) is 5.62. The van der Waals surface area contributed by atoms with Gasteiger partial charge in [-0.1, -0.05) is 25.4 Å². The van der Waals surface area contributed by atoms with Crippen molar-refractivity contribution in [2.75, 3.05) is 13.1 Å². The zero-order chi connectivity index (χ0) is 10.2. The zero-order valence-electron chi connectivity index (χ0n) is 8.64. The smallest absolute Gasteiger partial charge is 0.0931 e. The molecule has 2 atom stereocenters. The Balaban J connectivity index is 1.99. The zero-order valence-corrected chi connectivity index (χ0v) is 10.2. The van der Waals surface area contributed by atoms with E-state index < -0.39 is 0 Å². The average molecular weight is 230 g/mol. The van der Waals surface area contributed by atoms with Gasteiger partial charge < -0.3 is 5.32 Å². The molecule has 1 saturated carbocycles. The molecule has 0 amide bonds. The van der Waals surface area contributed by atoms with Gasteiger partial charge in [0.25, 0.3) is 0 Å². The first-order valence-electron chi connectivity index (χ1n) is 5.12. The normalized spacial score (nSPS) is 30.6. The van der Waals surface area contributed by atoms with E-state index in [0.717, 1.165) is 23.3 Å². The van der Waals surface area contributed by atoms with E-state index in [2.05, 4.69) is 30.6 Å². The van der Waals surface area contributed by atoms with Crippen molar-refractivity contribution >= 4 is 22.9 Å². The van der Waals surface area contributed by atoms with Gasteiger partial charge in [-0.15, -0.1) is 11.3 Å². The Labute approximate surface area is 94.5 Å². The SMILES string of the molecule is CCNCC1CC1(C)c1csc(Cl)c1. The number of halogens is 1. The molecular formula is C11H16ClNS. The van der Waals surface area contributed by atoms with E-state index in [9.17, 15) is 0 Å². The molecule has 1 aliphatic carbocycles. The van der Waals surface area contributed by atoms with E-state index in [1.807, 2.05) is 0 Å². The monoisotopic (exact) mass is 229 g/mol. The predicted octanol–water partition coefficient (Wildman–Crippen LogP) is 3.29. The molecular weight excluding hydrogens is 214 g/mol. The summed E-state index contributed by atoms with van der Waals surface area (Å²) in [6, 6.07) is 2.12. The second-order valence-electron chi connectivity index (χ2n) is 4.27. The van der Waals surface area contributed by atoms with E-state index in [1.165, 1.54) is 12.0 Å². The first kappa shape index (κ1) is 10.5. The van der Waals surface area contributed by atoms with Crippen molar-refractivity contribution in [3.63, 3.8) is 0 Å². The summed E-state index contributed by atoms with van der Waals surface area (Å²) >= 11 is 7.59. The molecule has 78 valence electrons. The fourth-order valence-electron chi connectivity index (χ4n) is 2.03. The molecule has 0 bridgehead atoms. The van der Waals surface area contributed by atoms with Crippen LogP contribution in [0.15, 0.2) is 11.4 Å². The topological polar surface area (TPSA) is 12.0 Å². The largest absolute Gasteiger partial charge is 0.317 e. The number of nitrogens with one attached hydrogen (secondary N) is 1.